The van der Waals surface area contributed by atoms with Crippen LogP contribution in [-0.2, 0) is 6.42 Å². The van der Waals surface area contributed by atoms with Crippen LogP contribution in [0.15, 0.2) is 24.3 Å². The van der Waals surface area contributed by atoms with Crippen LogP contribution in [0.3, 0.4) is 0 Å². The molecule has 0 bridgehead atoms. The minimum Gasteiger partial charge on any atom is -0.388 e. The van der Waals surface area contributed by atoms with E-state index in [-0.39, 0.29) is 5.82 Å². The number of nitrogens with zero attached hydrogens (tertiary/aromatic N) is 1. The molecule has 2 N–H and O–H groups in total. The zero-order chi connectivity index (χ0) is 13.7. The maximum atomic E-state index is 13.5. The fraction of sp³-hybridized carbons (Fsp3) is 0.600. The van der Waals surface area contributed by atoms with Gasteiger partial charge in [0.15, 0.2) is 0 Å². The summed E-state index contributed by atoms with van der Waals surface area (Å²) < 4.78 is 13.5. The van der Waals surface area contributed by atoms with Crippen LogP contribution in [0.5, 0.6) is 0 Å². The molecule has 1 heterocycles. The van der Waals surface area contributed by atoms with E-state index < -0.39 is 5.60 Å². The molecule has 1 aliphatic rings. The summed E-state index contributed by atoms with van der Waals surface area (Å²) in [5.74, 6) is -0.119. The van der Waals surface area contributed by atoms with E-state index in [4.69, 9.17) is 0 Å². The molecule has 106 valence electrons. The summed E-state index contributed by atoms with van der Waals surface area (Å²) in [4.78, 5) is 2.30. The topological polar surface area (TPSA) is 35.5 Å². The number of likely N-dealkylation sites (N-methyl/N-ethyl adjacent to an activating group) is 1. The van der Waals surface area contributed by atoms with E-state index in [1.807, 2.05) is 19.2 Å². The largest absolute Gasteiger partial charge is 0.388 e. The maximum Gasteiger partial charge on any atom is 0.126 e. The van der Waals surface area contributed by atoms with Crippen LogP contribution in [0.1, 0.15) is 18.4 Å². The van der Waals surface area contributed by atoms with Gasteiger partial charge in [0, 0.05) is 26.2 Å². The van der Waals surface area contributed by atoms with Gasteiger partial charge in [0.05, 0.1) is 5.60 Å². The zero-order valence-electron chi connectivity index (χ0n) is 11.5. The third-order valence-corrected chi connectivity index (χ3v) is 3.95. The Labute approximate surface area is 114 Å². The second kappa shape index (κ2) is 6.46. The number of hydrogen-bond acceptors (Lipinski definition) is 3. The van der Waals surface area contributed by atoms with Crippen LogP contribution in [0.4, 0.5) is 4.39 Å². The number of benzene rings is 1. The summed E-state index contributed by atoms with van der Waals surface area (Å²) in [5, 5.41) is 13.3. The molecule has 0 saturated carbocycles. The second-order valence-electron chi connectivity index (χ2n) is 5.44. The van der Waals surface area contributed by atoms with Gasteiger partial charge in [-0.05, 0) is 37.9 Å². The third kappa shape index (κ3) is 4.00. The molecule has 0 unspecified atom stereocenters. The van der Waals surface area contributed by atoms with Gasteiger partial charge in [0.2, 0.25) is 0 Å². The smallest absolute Gasteiger partial charge is 0.126 e. The quantitative estimate of drug-likeness (QED) is 0.846. The average Bonchev–Trinajstić information content (AvgIpc) is 2.40. The van der Waals surface area contributed by atoms with E-state index in [1.165, 1.54) is 6.07 Å². The van der Waals surface area contributed by atoms with Gasteiger partial charge in [-0.2, -0.15) is 0 Å². The molecule has 0 atom stereocenters. The Morgan fingerprint density at radius 1 is 1.32 bits per heavy atom. The predicted molar refractivity (Wildman–Crippen MR) is 74.7 cm³/mol. The van der Waals surface area contributed by atoms with Crippen LogP contribution in [0.25, 0.3) is 0 Å². The molecule has 0 aliphatic carbocycles. The molecule has 0 spiro atoms. The Bertz CT molecular complexity index is 403. The first kappa shape index (κ1) is 14.4. The molecule has 4 heteroatoms. The van der Waals surface area contributed by atoms with Crippen molar-refractivity contribution in [2.75, 3.05) is 33.2 Å². The summed E-state index contributed by atoms with van der Waals surface area (Å²) >= 11 is 0. The van der Waals surface area contributed by atoms with Gasteiger partial charge < -0.3 is 15.3 Å². The number of nitrogens with one attached hydrogen (secondary N) is 1. The van der Waals surface area contributed by atoms with Gasteiger partial charge in [0.25, 0.3) is 0 Å². The molecule has 1 aromatic rings. The van der Waals surface area contributed by atoms with Crippen molar-refractivity contribution in [2.45, 2.75) is 24.9 Å². The fourth-order valence-corrected chi connectivity index (χ4v) is 2.68. The Hall–Kier alpha value is -0.970. The van der Waals surface area contributed by atoms with Gasteiger partial charge in [-0.15, -0.1) is 0 Å². The van der Waals surface area contributed by atoms with Gasteiger partial charge >= 0.3 is 0 Å². The highest BCUT2D eigenvalue weighted by Gasteiger charge is 2.31. The van der Waals surface area contributed by atoms with E-state index in [1.54, 1.807) is 6.07 Å². The first-order valence-electron chi connectivity index (χ1n) is 6.96. The Balaban J connectivity index is 1.79. The molecule has 1 saturated heterocycles. The first-order chi connectivity index (χ1) is 9.13. The lowest BCUT2D eigenvalue weighted by molar-refractivity contribution is -0.0182. The minimum atomic E-state index is -0.566. The molecule has 0 radical (unpaired) electrons. The summed E-state index contributed by atoms with van der Waals surface area (Å²) in [6, 6.07) is 6.95. The molecule has 1 aliphatic heterocycles. The molecule has 0 aromatic heterocycles. The predicted octanol–water partition coefficient (Wildman–Crippen LogP) is 1.41. The van der Waals surface area contributed by atoms with E-state index >= 15 is 0 Å². The van der Waals surface area contributed by atoms with Gasteiger partial charge in [0.1, 0.15) is 5.82 Å². The van der Waals surface area contributed by atoms with Crippen molar-refractivity contribution >= 4 is 0 Å². The SMILES string of the molecule is CNCC1(O)CCN(CCc2ccccc2F)CC1. The second-order valence-corrected chi connectivity index (χ2v) is 5.44. The number of rotatable bonds is 5. The fourth-order valence-electron chi connectivity index (χ4n) is 2.68. The molecule has 2 rings (SSSR count). The first-order valence-corrected chi connectivity index (χ1v) is 6.96. The van der Waals surface area contributed by atoms with Crippen LogP contribution >= 0.6 is 0 Å². The molecular weight excluding hydrogens is 243 g/mol. The normalized spacial score (nSPS) is 19.5. The molecular formula is C15H23FN2O. The van der Waals surface area contributed by atoms with E-state index in [2.05, 4.69) is 10.2 Å². The van der Waals surface area contributed by atoms with Crippen molar-refractivity contribution in [3.05, 3.63) is 35.6 Å². The van der Waals surface area contributed by atoms with Crippen molar-refractivity contribution in [2.24, 2.45) is 0 Å². The summed E-state index contributed by atoms with van der Waals surface area (Å²) in [6.07, 6.45) is 2.30. The Morgan fingerprint density at radius 2 is 2.00 bits per heavy atom. The van der Waals surface area contributed by atoms with E-state index in [0.29, 0.717) is 6.54 Å². The van der Waals surface area contributed by atoms with Gasteiger partial charge in [-0.25, -0.2) is 4.39 Å². The lowest BCUT2D eigenvalue weighted by Crippen LogP contribution is -2.49. The highest BCUT2D eigenvalue weighted by Crippen LogP contribution is 2.21. The average molecular weight is 266 g/mol. The summed E-state index contributed by atoms with van der Waals surface area (Å²) in [5.41, 5.74) is 0.210. The van der Waals surface area contributed by atoms with Crippen molar-refractivity contribution in [3.63, 3.8) is 0 Å². The van der Waals surface area contributed by atoms with Crippen molar-refractivity contribution in [1.82, 2.24) is 10.2 Å². The molecule has 1 fully saturated rings. The Morgan fingerprint density at radius 3 is 2.63 bits per heavy atom. The monoisotopic (exact) mass is 266 g/mol. The van der Waals surface area contributed by atoms with Crippen LogP contribution < -0.4 is 5.32 Å². The van der Waals surface area contributed by atoms with E-state index in [0.717, 1.165) is 44.5 Å². The third-order valence-electron chi connectivity index (χ3n) is 3.95. The van der Waals surface area contributed by atoms with Crippen molar-refractivity contribution in [3.8, 4) is 0 Å². The number of aliphatic hydroxyl groups is 1. The lowest BCUT2D eigenvalue weighted by Gasteiger charge is -2.38. The van der Waals surface area contributed by atoms with Crippen molar-refractivity contribution < 1.29 is 9.50 Å². The summed E-state index contributed by atoms with van der Waals surface area (Å²) in [7, 11) is 1.86. The molecule has 0 amide bonds. The molecule has 3 nitrogen and oxygen atoms in total. The highest BCUT2D eigenvalue weighted by atomic mass is 19.1. The Kier molecular flexibility index (Phi) is 4.91. The maximum absolute atomic E-state index is 13.5. The number of piperidine rings is 1. The van der Waals surface area contributed by atoms with Gasteiger partial charge in [-0.3, -0.25) is 0 Å². The van der Waals surface area contributed by atoms with Crippen LogP contribution in [-0.4, -0.2) is 48.8 Å². The number of hydrogen-bond donors (Lipinski definition) is 2. The van der Waals surface area contributed by atoms with Crippen LogP contribution in [0.2, 0.25) is 0 Å². The standard InChI is InChI=1S/C15H23FN2O/c1-17-12-15(19)7-10-18(11-8-15)9-6-13-4-2-3-5-14(13)16/h2-5,17,19H,6-12H2,1H3. The lowest BCUT2D eigenvalue weighted by atomic mass is 9.91. The minimum absolute atomic E-state index is 0.119. The molecule has 1 aromatic carbocycles. The highest BCUT2D eigenvalue weighted by molar-refractivity contribution is 5.17. The van der Waals surface area contributed by atoms with E-state index in [9.17, 15) is 9.50 Å². The van der Waals surface area contributed by atoms with Crippen molar-refractivity contribution in [1.29, 1.82) is 0 Å². The number of likely N-dealkylation sites (tertiary alicyclic amines) is 1. The molecule has 19 heavy (non-hydrogen) atoms. The number of halogens is 1. The van der Waals surface area contributed by atoms with Gasteiger partial charge in [-0.1, -0.05) is 18.2 Å². The van der Waals surface area contributed by atoms with Crippen LogP contribution in [0, 0.1) is 5.82 Å². The summed E-state index contributed by atoms with van der Waals surface area (Å²) in [6.45, 7) is 3.27. The zero-order valence-corrected chi connectivity index (χ0v) is 11.5.